The Hall–Kier alpha value is -1.09. The molecular formula is C13H20N2O. The predicted molar refractivity (Wildman–Crippen MR) is 64.7 cm³/mol. The van der Waals surface area contributed by atoms with Gasteiger partial charge in [-0.05, 0) is 33.3 Å². The van der Waals surface area contributed by atoms with E-state index in [4.69, 9.17) is 4.74 Å². The smallest absolute Gasteiger partial charge is 0.213 e. The summed E-state index contributed by atoms with van der Waals surface area (Å²) in [4.78, 5) is 6.81. The van der Waals surface area contributed by atoms with Crippen molar-refractivity contribution >= 4 is 0 Å². The Balaban J connectivity index is 1.92. The number of hydrogen-bond donors (Lipinski definition) is 0. The molecule has 0 bridgehead atoms. The summed E-state index contributed by atoms with van der Waals surface area (Å²) >= 11 is 0. The molecule has 3 heteroatoms. The fourth-order valence-electron chi connectivity index (χ4n) is 2.07. The lowest BCUT2D eigenvalue weighted by molar-refractivity contribution is 0.181. The number of aromatic nitrogens is 1. The van der Waals surface area contributed by atoms with Gasteiger partial charge in [-0.1, -0.05) is 6.07 Å². The summed E-state index contributed by atoms with van der Waals surface area (Å²) < 4.78 is 5.88. The average molecular weight is 220 g/mol. The van der Waals surface area contributed by atoms with Gasteiger partial charge in [-0.25, -0.2) is 4.98 Å². The Bertz CT molecular complexity index is 352. The molecular weight excluding hydrogens is 200 g/mol. The van der Waals surface area contributed by atoms with Crippen molar-refractivity contribution in [1.82, 2.24) is 9.88 Å². The Morgan fingerprint density at radius 1 is 1.44 bits per heavy atom. The van der Waals surface area contributed by atoms with Crippen LogP contribution in [0.1, 0.15) is 26.0 Å². The van der Waals surface area contributed by atoms with E-state index < -0.39 is 0 Å². The van der Waals surface area contributed by atoms with E-state index in [2.05, 4.69) is 23.7 Å². The summed E-state index contributed by atoms with van der Waals surface area (Å²) in [5.74, 6) is 0.760. The second-order valence-electron chi connectivity index (χ2n) is 4.73. The van der Waals surface area contributed by atoms with Gasteiger partial charge in [0.05, 0.1) is 0 Å². The fourth-order valence-corrected chi connectivity index (χ4v) is 2.07. The number of ether oxygens (including phenoxy) is 1. The van der Waals surface area contributed by atoms with Crippen LogP contribution in [0.2, 0.25) is 0 Å². The molecule has 16 heavy (non-hydrogen) atoms. The van der Waals surface area contributed by atoms with Crippen LogP contribution in [0.25, 0.3) is 0 Å². The largest absolute Gasteiger partial charge is 0.473 e. The zero-order chi connectivity index (χ0) is 11.5. The number of hydrogen-bond acceptors (Lipinski definition) is 3. The molecule has 0 aliphatic carbocycles. The van der Waals surface area contributed by atoms with Gasteiger partial charge in [0.25, 0.3) is 0 Å². The highest BCUT2D eigenvalue weighted by Gasteiger charge is 2.25. The van der Waals surface area contributed by atoms with Crippen LogP contribution in [0.3, 0.4) is 0 Å². The zero-order valence-electron chi connectivity index (χ0n) is 10.3. The van der Waals surface area contributed by atoms with Crippen molar-refractivity contribution in [3.8, 4) is 5.88 Å². The Morgan fingerprint density at radius 2 is 2.25 bits per heavy atom. The van der Waals surface area contributed by atoms with Crippen molar-refractivity contribution < 1.29 is 4.74 Å². The van der Waals surface area contributed by atoms with Crippen LogP contribution in [-0.2, 0) is 0 Å². The SMILES string of the molecule is Cc1cccc(OC2CCN(C(C)C)C2)n1. The second-order valence-corrected chi connectivity index (χ2v) is 4.73. The minimum Gasteiger partial charge on any atom is -0.473 e. The van der Waals surface area contributed by atoms with Crippen LogP contribution < -0.4 is 4.74 Å². The molecule has 1 fully saturated rings. The van der Waals surface area contributed by atoms with Crippen LogP contribution in [0.15, 0.2) is 18.2 Å². The molecule has 0 spiro atoms. The maximum Gasteiger partial charge on any atom is 0.213 e. The monoisotopic (exact) mass is 220 g/mol. The van der Waals surface area contributed by atoms with Crippen molar-refractivity contribution in [2.75, 3.05) is 13.1 Å². The molecule has 0 aromatic carbocycles. The van der Waals surface area contributed by atoms with Crippen LogP contribution in [0.5, 0.6) is 5.88 Å². The van der Waals surface area contributed by atoms with Crippen LogP contribution in [0, 0.1) is 6.92 Å². The van der Waals surface area contributed by atoms with Gasteiger partial charge in [0.1, 0.15) is 6.10 Å². The van der Waals surface area contributed by atoms with E-state index in [1.165, 1.54) is 0 Å². The maximum absolute atomic E-state index is 5.88. The van der Waals surface area contributed by atoms with Crippen LogP contribution >= 0.6 is 0 Å². The van der Waals surface area contributed by atoms with Crippen molar-refractivity contribution in [1.29, 1.82) is 0 Å². The number of aryl methyl sites for hydroxylation is 1. The summed E-state index contributed by atoms with van der Waals surface area (Å²) in [6.45, 7) is 8.60. The molecule has 1 saturated heterocycles. The molecule has 88 valence electrons. The third-order valence-corrected chi connectivity index (χ3v) is 3.06. The summed E-state index contributed by atoms with van der Waals surface area (Å²) in [6, 6.07) is 6.53. The van der Waals surface area contributed by atoms with E-state index in [0.717, 1.165) is 31.1 Å². The van der Waals surface area contributed by atoms with Gasteiger partial charge in [0.15, 0.2) is 0 Å². The Kier molecular flexibility index (Phi) is 3.44. The van der Waals surface area contributed by atoms with E-state index >= 15 is 0 Å². The molecule has 1 aliphatic heterocycles. The number of pyridine rings is 1. The quantitative estimate of drug-likeness (QED) is 0.781. The summed E-state index contributed by atoms with van der Waals surface area (Å²) in [6.07, 6.45) is 1.41. The average Bonchev–Trinajstić information content (AvgIpc) is 2.66. The van der Waals surface area contributed by atoms with E-state index in [-0.39, 0.29) is 0 Å². The van der Waals surface area contributed by atoms with E-state index in [0.29, 0.717) is 12.1 Å². The third kappa shape index (κ3) is 2.73. The first kappa shape index (κ1) is 11.4. The maximum atomic E-state index is 5.88. The molecule has 0 saturated carbocycles. The van der Waals surface area contributed by atoms with Gasteiger partial charge in [0.2, 0.25) is 5.88 Å². The Morgan fingerprint density at radius 3 is 2.88 bits per heavy atom. The van der Waals surface area contributed by atoms with Crippen LogP contribution in [-0.4, -0.2) is 35.1 Å². The van der Waals surface area contributed by atoms with Gasteiger partial charge in [0, 0.05) is 30.9 Å². The van der Waals surface area contributed by atoms with Gasteiger partial charge in [-0.3, -0.25) is 4.90 Å². The number of likely N-dealkylation sites (tertiary alicyclic amines) is 1. The molecule has 1 atom stereocenters. The lowest BCUT2D eigenvalue weighted by Gasteiger charge is -2.20. The highest BCUT2D eigenvalue weighted by atomic mass is 16.5. The molecule has 1 unspecified atom stereocenters. The van der Waals surface area contributed by atoms with Crippen molar-refractivity contribution in [2.45, 2.75) is 39.3 Å². The topological polar surface area (TPSA) is 25.4 Å². The van der Waals surface area contributed by atoms with E-state index in [1.807, 2.05) is 25.1 Å². The van der Waals surface area contributed by atoms with Crippen molar-refractivity contribution in [3.05, 3.63) is 23.9 Å². The first-order chi connectivity index (χ1) is 7.65. The lowest BCUT2D eigenvalue weighted by Crippen LogP contribution is -2.30. The normalized spacial score (nSPS) is 21.6. The first-order valence-electron chi connectivity index (χ1n) is 5.99. The van der Waals surface area contributed by atoms with E-state index in [9.17, 15) is 0 Å². The number of rotatable bonds is 3. The Labute approximate surface area is 97.4 Å². The molecule has 0 amide bonds. The van der Waals surface area contributed by atoms with Crippen molar-refractivity contribution in [2.24, 2.45) is 0 Å². The third-order valence-electron chi connectivity index (χ3n) is 3.06. The van der Waals surface area contributed by atoms with E-state index in [1.54, 1.807) is 0 Å². The van der Waals surface area contributed by atoms with Gasteiger partial charge in [-0.15, -0.1) is 0 Å². The molecule has 2 rings (SSSR count). The molecule has 1 aliphatic rings. The summed E-state index contributed by atoms with van der Waals surface area (Å²) in [5.41, 5.74) is 1.01. The first-order valence-corrected chi connectivity index (χ1v) is 5.99. The van der Waals surface area contributed by atoms with Gasteiger partial charge in [-0.2, -0.15) is 0 Å². The van der Waals surface area contributed by atoms with Gasteiger partial charge >= 0.3 is 0 Å². The molecule has 1 aromatic heterocycles. The summed E-state index contributed by atoms with van der Waals surface area (Å²) in [5, 5.41) is 0. The minimum absolute atomic E-state index is 0.302. The molecule has 3 nitrogen and oxygen atoms in total. The molecule has 0 radical (unpaired) electrons. The van der Waals surface area contributed by atoms with Crippen molar-refractivity contribution in [3.63, 3.8) is 0 Å². The fraction of sp³-hybridized carbons (Fsp3) is 0.615. The highest BCUT2D eigenvalue weighted by molar-refractivity contribution is 5.15. The highest BCUT2D eigenvalue weighted by Crippen LogP contribution is 2.18. The lowest BCUT2D eigenvalue weighted by atomic mass is 10.3. The standard InChI is InChI=1S/C13H20N2O/c1-10(2)15-8-7-12(9-15)16-13-6-4-5-11(3)14-13/h4-6,10,12H,7-9H2,1-3H3. The predicted octanol–water partition coefficient (Wildman–Crippen LogP) is 2.25. The molecule has 2 heterocycles. The zero-order valence-corrected chi connectivity index (χ0v) is 10.3. The van der Waals surface area contributed by atoms with Gasteiger partial charge < -0.3 is 4.74 Å². The molecule has 1 aromatic rings. The summed E-state index contributed by atoms with van der Waals surface area (Å²) in [7, 11) is 0. The van der Waals surface area contributed by atoms with Crippen LogP contribution in [0.4, 0.5) is 0 Å². The minimum atomic E-state index is 0.302. The number of nitrogens with zero attached hydrogens (tertiary/aromatic N) is 2. The molecule has 0 N–H and O–H groups in total. The second kappa shape index (κ2) is 4.83.